The number of nitrogens with zero attached hydrogens (tertiary/aromatic N) is 1. The Labute approximate surface area is 154 Å². The van der Waals surface area contributed by atoms with E-state index in [1.54, 1.807) is 0 Å². The van der Waals surface area contributed by atoms with Crippen molar-refractivity contribution in [3.8, 4) is 0 Å². The smallest absolute Gasteiger partial charge is 0.261 e. The number of benzene rings is 2. The van der Waals surface area contributed by atoms with Crippen LogP contribution in [0.3, 0.4) is 0 Å². The van der Waals surface area contributed by atoms with Crippen molar-refractivity contribution < 1.29 is 14.3 Å². The monoisotopic (exact) mass is 351 g/mol. The summed E-state index contributed by atoms with van der Waals surface area (Å²) in [4.78, 5) is 27.2. The van der Waals surface area contributed by atoms with Crippen molar-refractivity contribution in [2.75, 3.05) is 19.8 Å². The third kappa shape index (κ3) is 2.82. The standard InChI is InChI=1S/C22H25NO3/c1-2-26-14-13-23-21(24)18-10-6-9-17-16(15-7-4-3-5-8-15)11-12-19(20(17)18)22(23)25/h6,9-12,15H,2-5,7-8,13-14H2,1H3. The maximum Gasteiger partial charge on any atom is 0.261 e. The summed E-state index contributed by atoms with van der Waals surface area (Å²) < 4.78 is 5.35. The summed E-state index contributed by atoms with van der Waals surface area (Å²) in [6.45, 7) is 3.15. The molecule has 26 heavy (non-hydrogen) atoms. The first-order chi connectivity index (χ1) is 12.7. The molecule has 0 unspecified atom stereocenters. The van der Waals surface area contributed by atoms with Gasteiger partial charge in [-0.25, -0.2) is 0 Å². The number of carbonyl (C=O) groups is 2. The second-order valence-corrected chi connectivity index (χ2v) is 7.22. The van der Waals surface area contributed by atoms with Crippen molar-refractivity contribution in [1.29, 1.82) is 0 Å². The molecule has 0 bridgehead atoms. The highest BCUT2D eigenvalue weighted by Gasteiger charge is 2.33. The van der Waals surface area contributed by atoms with Crippen molar-refractivity contribution in [3.05, 3.63) is 47.0 Å². The lowest BCUT2D eigenvalue weighted by molar-refractivity contribution is 0.0532. The second-order valence-electron chi connectivity index (χ2n) is 7.22. The first-order valence-electron chi connectivity index (χ1n) is 9.72. The zero-order chi connectivity index (χ0) is 18.1. The molecular formula is C22H25NO3. The number of carbonyl (C=O) groups excluding carboxylic acids is 2. The van der Waals surface area contributed by atoms with E-state index >= 15 is 0 Å². The summed E-state index contributed by atoms with van der Waals surface area (Å²) >= 11 is 0. The van der Waals surface area contributed by atoms with E-state index in [0.717, 1.165) is 10.8 Å². The third-order valence-corrected chi connectivity index (χ3v) is 5.73. The van der Waals surface area contributed by atoms with Crippen molar-refractivity contribution in [1.82, 2.24) is 4.90 Å². The fourth-order valence-corrected chi connectivity index (χ4v) is 4.44. The zero-order valence-corrected chi connectivity index (χ0v) is 15.3. The van der Waals surface area contributed by atoms with Crippen LogP contribution < -0.4 is 0 Å². The van der Waals surface area contributed by atoms with E-state index in [4.69, 9.17) is 4.74 Å². The Morgan fingerprint density at radius 1 is 1.00 bits per heavy atom. The van der Waals surface area contributed by atoms with Crippen LogP contribution in [0.4, 0.5) is 0 Å². The lowest BCUT2D eigenvalue weighted by Gasteiger charge is -2.29. The number of rotatable bonds is 5. The molecule has 0 radical (unpaired) electrons. The molecule has 0 saturated heterocycles. The molecule has 2 aromatic carbocycles. The van der Waals surface area contributed by atoms with E-state index in [1.807, 2.05) is 25.1 Å². The molecule has 4 nitrogen and oxygen atoms in total. The van der Waals surface area contributed by atoms with Gasteiger partial charge >= 0.3 is 0 Å². The van der Waals surface area contributed by atoms with Crippen molar-refractivity contribution in [3.63, 3.8) is 0 Å². The van der Waals surface area contributed by atoms with Gasteiger partial charge in [-0.15, -0.1) is 0 Å². The Kier molecular flexibility index (Phi) is 4.77. The molecule has 2 amide bonds. The molecule has 0 atom stereocenters. The van der Waals surface area contributed by atoms with Gasteiger partial charge in [0.15, 0.2) is 0 Å². The predicted octanol–water partition coefficient (Wildman–Crippen LogP) is 4.52. The molecule has 0 aromatic heterocycles. The van der Waals surface area contributed by atoms with Crippen LogP contribution >= 0.6 is 0 Å². The number of amides is 2. The van der Waals surface area contributed by atoms with Gasteiger partial charge in [-0.2, -0.15) is 0 Å². The lowest BCUT2D eigenvalue weighted by Crippen LogP contribution is -2.42. The fourth-order valence-electron chi connectivity index (χ4n) is 4.44. The maximum absolute atomic E-state index is 12.9. The lowest BCUT2D eigenvalue weighted by atomic mass is 9.80. The summed E-state index contributed by atoms with van der Waals surface area (Å²) in [7, 11) is 0. The Morgan fingerprint density at radius 3 is 2.46 bits per heavy atom. The van der Waals surface area contributed by atoms with Crippen LogP contribution in [0.2, 0.25) is 0 Å². The average Bonchev–Trinajstić information content (AvgIpc) is 2.69. The fraction of sp³-hybridized carbons (Fsp3) is 0.455. The molecule has 2 aromatic rings. The molecule has 0 spiro atoms. The Bertz CT molecular complexity index is 830. The Morgan fingerprint density at radius 2 is 1.73 bits per heavy atom. The van der Waals surface area contributed by atoms with Crippen LogP contribution in [0, 0.1) is 0 Å². The van der Waals surface area contributed by atoms with Gasteiger partial charge in [-0.05, 0) is 48.8 Å². The minimum Gasteiger partial charge on any atom is -0.380 e. The predicted molar refractivity (Wildman–Crippen MR) is 102 cm³/mol. The van der Waals surface area contributed by atoms with Gasteiger partial charge in [-0.1, -0.05) is 37.5 Å². The minimum atomic E-state index is -0.200. The number of imide groups is 1. The first kappa shape index (κ1) is 17.2. The van der Waals surface area contributed by atoms with Gasteiger partial charge in [0.2, 0.25) is 0 Å². The minimum absolute atomic E-state index is 0.200. The van der Waals surface area contributed by atoms with Gasteiger partial charge in [0.05, 0.1) is 13.2 Å². The van der Waals surface area contributed by atoms with E-state index in [0.29, 0.717) is 36.8 Å². The molecule has 1 saturated carbocycles. The molecule has 1 aliphatic heterocycles. The SMILES string of the molecule is CCOCCN1C(=O)c2cccc3c(C4CCCCC4)ccc(c23)C1=O. The molecule has 4 rings (SSSR count). The van der Waals surface area contributed by atoms with Gasteiger partial charge in [0.25, 0.3) is 11.8 Å². The van der Waals surface area contributed by atoms with E-state index in [-0.39, 0.29) is 11.8 Å². The van der Waals surface area contributed by atoms with Crippen molar-refractivity contribution in [2.24, 2.45) is 0 Å². The first-order valence-corrected chi connectivity index (χ1v) is 9.72. The topological polar surface area (TPSA) is 46.6 Å². The number of hydrogen-bond acceptors (Lipinski definition) is 3. The van der Waals surface area contributed by atoms with E-state index in [2.05, 4.69) is 12.1 Å². The maximum atomic E-state index is 12.9. The zero-order valence-electron chi connectivity index (χ0n) is 15.3. The third-order valence-electron chi connectivity index (χ3n) is 5.73. The molecule has 1 aliphatic carbocycles. The molecule has 0 N–H and O–H groups in total. The van der Waals surface area contributed by atoms with Gasteiger partial charge in [-0.3, -0.25) is 14.5 Å². The van der Waals surface area contributed by atoms with Crippen molar-refractivity contribution >= 4 is 22.6 Å². The van der Waals surface area contributed by atoms with Crippen LogP contribution in [-0.2, 0) is 4.74 Å². The van der Waals surface area contributed by atoms with E-state index < -0.39 is 0 Å². The van der Waals surface area contributed by atoms with Crippen LogP contribution in [0.5, 0.6) is 0 Å². The molecular weight excluding hydrogens is 326 g/mol. The summed E-state index contributed by atoms with van der Waals surface area (Å²) in [6.07, 6.45) is 6.22. The highest BCUT2D eigenvalue weighted by Crippen LogP contribution is 2.39. The molecule has 2 aliphatic rings. The summed E-state index contributed by atoms with van der Waals surface area (Å²) in [5, 5.41) is 1.93. The quantitative estimate of drug-likeness (QED) is 0.588. The molecule has 4 heteroatoms. The second kappa shape index (κ2) is 7.20. The normalized spacial score (nSPS) is 18.0. The summed E-state index contributed by atoms with van der Waals surface area (Å²) in [5.74, 6) is 0.136. The molecule has 1 fully saturated rings. The Balaban J connectivity index is 1.78. The van der Waals surface area contributed by atoms with Crippen LogP contribution in [0.1, 0.15) is 71.2 Å². The van der Waals surface area contributed by atoms with E-state index in [9.17, 15) is 9.59 Å². The van der Waals surface area contributed by atoms with Gasteiger partial charge in [0, 0.05) is 23.1 Å². The number of ether oxygens (including phenoxy) is 1. The largest absolute Gasteiger partial charge is 0.380 e. The van der Waals surface area contributed by atoms with Crippen LogP contribution in [0.15, 0.2) is 30.3 Å². The van der Waals surface area contributed by atoms with Gasteiger partial charge < -0.3 is 4.74 Å². The van der Waals surface area contributed by atoms with Gasteiger partial charge in [0.1, 0.15) is 0 Å². The van der Waals surface area contributed by atoms with Crippen LogP contribution in [0.25, 0.3) is 10.8 Å². The number of hydrogen-bond donors (Lipinski definition) is 0. The highest BCUT2D eigenvalue weighted by molar-refractivity contribution is 6.25. The van der Waals surface area contributed by atoms with E-state index in [1.165, 1.54) is 42.6 Å². The summed E-state index contributed by atoms with van der Waals surface area (Å²) in [6, 6.07) is 9.91. The Hall–Kier alpha value is -2.20. The summed E-state index contributed by atoms with van der Waals surface area (Å²) in [5.41, 5.74) is 2.59. The average molecular weight is 351 g/mol. The van der Waals surface area contributed by atoms with Crippen LogP contribution in [-0.4, -0.2) is 36.5 Å². The molecule has 1 heterocycles. The van der Waals surface area contributed by atoms with Crippen molar-refractivity contribution in [2.45, 2.75) is 44.9 Å². The molecule has 136 valence electrons. The highest BCUT2D eigenvalue weighted by atomic mass is 16.5.